The second-order valence-electron chi connectivity index (χ2n) is 5.18. The topological polar surface area (TPSA) is 47.6 Å². The number of benzene rings is 2. The van der Waals surface area contributed by atoms with Crippen LogP contribution in [0.15, 0.2) is 48.5 Å². The molecule has 2 aromatic rings. The Labute approximate surface area is 131 Å². The van der Waals surface area contributed by atoms with Crippen molar-refractivity contribution in [2.24, 2.45) is 0 Å². The van der Waals surface area contributed by atoms with E-state index in [0.29, 0.717) is 12.2 Å². The highest BCUT2D eigenvalue weighted by molar-refractivity contribution is 5.94. The van der Waals surface area contributed by atoms with Gasteiger partial charge in [0.25, 0.3) is 5.91 Å². The number of para-hydroxylation sites is 1. The Kier molecular flexibility index (Phi) is 5.42. The van der Waals surface area contributed by atoms with Crippen molar-refractivity contribution < 1.29 is 14.3 Å². The van der Waals surface area contributed by atoms with Gasteiger partial charge in [-0.25, -0.2) is 0 Å². The number of hydrogen-bond donors (Lipinski definition) is 1. The lowest BCUT2D eigenvalue weighted by molar-refractivity contribution is 0.0926. The molecule has 2 aromatic carbocycles. The van der Waals surface area contributed by atoms with E-state index in [-0.39, 0.29) is 11.9 Å². The maximum atomic E-state index is 12.1. The summed E-state index contributed by atoms with van der Waals surface area (Å²) in [6.07, 6.45) is 0. The molecule has 4 nitrogen and oxygen atoms in total. The molecule has 0 heterocycles. The molecule has 1 amide bonds. The lowest BCUT2D eigenvalue weighted by Gasteiger charge is -2.16. The molecule has 0 saturated heterocycles. The molecule has 1 N–H and O–H groups in total. The van der Waals surface area contributed by atoms with E-state index in [2.05, 4.69) is 5.32 Å². The van der Waals surface area contributed by atoms with Crippen molar-refractivity contribution in [3.05, 3.63) is 59.7 Å². The molecule has 0 spiro atoms. The number of aryl methyl sites for hydroxylation is 1. The first-order chi connectivity index (χ1) is 10.6. The van der Waals surface area contributed by atoms with Crippen LogP contribution in [0, 0.1) is 6.92 Å². The number of hydrogen-bond acceptors (Lipinski definition) is 3. The molecule has 0 aliphatic carbocycles. The van der Waals surface area contributed by atoms with Gasteiger partial charge in [0, 0.05) is 5.56 Å². The van der Waals surface area contributed by atoms with Crippen molar-refractivity contribution in [2.45, 2.75) is 19.9 Å². The summed E-state index contributed by atoms with van der Waals surface area (Å²) in [5, 5.41) is 2.92. The average Bonchev–Trinajstić information content (AvgIpc) is 2.54. The third kappa shape index (κ3) is 4.25. The first kappa shape index (κ1) is 15.9. The van der Waals surface area contributed by atoms with Crippen LogP contribution in [0.4, 0.5) is 0 Å². The van der Waals surface area contributed by atoms with Crippen molar-refractivity contribution in [3.8, 4) is 11.5 Å². The van der Waals surface area contributed by atoms with Crippen LogP contribution < -0.4 is 14.8 Å². The zero-order valence-electron chi connectivity index (χ0n) is 13.1. The predicted octanol–water partition coefficient (Wildman–Crippen LogP) is 3.20. The molecule has 0 aliphatic rings. The molecule has 0 bridgehead atoms. The molecular weight excluding hydrogens is 278 g/mol. The van der Waals surface area contributed by atoms with E-state index in [1.165, 1.54) is 0 Å². The SMILES string of the molecule is COc1ccc(C(=O)N[C@H](C)COc2ccccc2C)cc1. The molecule has 2 rings (SSSR count). The average molecular weight is 299 g/mol. The maximum Gasteiger partial charge on any atom is 0.251 e. The van der Waals surface area contributed by atoms with Crippen molar-refractivity contribution in [1.82, 2.24) is 5.32 Å². The van der Waals surface area contributed by atoms with Crippen molar-refractivity contribution in [1.29, 1.82) is 0 Å². The van der Waals surface area contributed by atoms with Gasteiger partial charge in [-0.3, -0.25) is 4.79 Å². The highest BCUT2D eigenvalue weighted by Crippen LogP contribution is 2.16. The quantitative estimate of drug-likeness (QED) is 0.891. The van der Waals surface area contributed by atoms with Gasteiger partial charge in [-0.2, -0.15) is 0 Å². The summed E-state index contributed by atoms with van der Waals surface area (Å²) >= 11 is 0. The summed E-state index contributed by atoms with van der Waals surface area (Å²) in [6.45, 7) is 4.34. The van der Waals surface area contributed by atoms with Gasteiger partial charge >= 0.3 is 0 Å². The first-order valence-corrected chi connectivity index (χ1v) is 7.23. The van der Waals surface area contributed by atoms with Gasteiger partial charge in [-0.05, 0) is 49.7 Å². The normalized spacial score (nSPS) is 11.6. The molecule has 0 saturated carbocycles. The number of carbonyl (C=O) groups is 1. The maximum absolute atomic E-state index is 12.1. The molecule has 0 fully saturated rings. The smallest absolute Gasteiger partial charge is 0.251 e. The van der Waals surface area contributed by atoms with Gasteiger partial charge in [0.1, 0.15) is 18.1 Å². The molecule has 22 heavy (non-hydrogen) atoms. The highest BCUT2D eigenvalue weighted by atomic mass is 16.5. The fourth-order valence-corrected chi connectivity index (χ4v) is 2.02. The Morgan fingerprint density at radius 2 is 1.82 bits per heavy atom. The van der Waals surface area contributed by atoms with Crippen LogP contribution >= 0.6 is 0 Å². The van der Waals surface area contributed by atoms with Crippen LogP contribution in [0.25, 0.3) is 0 Å². The Morgan fingerprint density at radius 3 is 2.45 bits per heavy atom. The van der Waals surface area contributed by atoms with Gasteiger partial charge < -0.3 is 14.8 Å². The molecule has 4 heteroatoms. The Balaban J connectivity index is 1.87. The second-order valence-corrected chi connectivity index (χ2v) is 5.18. The van der Waals surface area contributed by atoms with E-state index in [1.54, 1.807) is 31.4 Å². The van der Waals surface area contributed by atoms with Gasteiger partial charge in [-0.1, -0.05) is 18.2 Å². The number of carbonyl (C=O) groups excluding carboxylic acids is 1. The van der Waals surface area contributed by atoms with Crippen LogP contribution in [0.2, 0.25) is 0 Å². The number of amides is 1. The van der Waals surface area contributed by atoms with Crippen LogP contribution in [0.3, 0.4) is 0 Å². The van der Waals surface area contributed by atoms with Gasteiger partial charge in [0.05, 0.1) is 13.2 Å². The molecule has 0 aromatic heterocycles. The zero-order valence-corrected chi connectivity index (χ0v) is 13.1. The Bertz CT molecular complexity index is 622. The molecular formula is C18H21NO3. The summed E-state index contributed by atoms with van der Waals surface area (Å²) in [4.78, 5) is 12.1. The van der Waals surface area contributed by atoms with E-state index in [4.69, 9.17) is 9.47 Å². The van der Waals surface area contributed by atoms with Crippen LogP contribution in [-0.4, -0.2) is 25.7 Å². The fourth-order valence-electron chi connectivity index (χ4n) is 2.02. The minimum atomic E-state index is -0.122. The van der Waals surface area contributed by atoms with E-state index in [9.17, 15) is 4.79 Å². The minimum Gasteiger partial charge on any atom is -0.497 e. The van der Waals surface area contributed by atoms with Gasteiger partial charge in [0.2, 0.25) is 0 Å². The third-order valence-electron chi connectivity index (χ3n) is 3.31. The van der Waals surface area contributed by atoms with Crippen LogP contribution in [0.5, 0.6) is 11.5 Å². The standard InChI is InChI=1S/C18H21NO3/c1-13-6-4-5-7-17(13)22-12-14(2)19-18(20)15-8-10-16(21-3)11-9-15/h4-11,14H,12H2,1-3H3,(H,19,20)/t14-/m1/s1. The number of nitrogens with one attached hydrogen (secondary N) is 1. The lowest BCUT2D eigenvalue weighted by Crippen LogP contribution is -2.36. The first-order valence-electron chi connectivity index (χ1n) is 7.23. The van der Waals surface area contributed by atoms with Crippen molar-refractivity contribution >= 4 is 5.91 Å². The number of rotatable bonds is 6. The molecule has 0 unspecified atom stereocenters. The fraction of sp³-hybridized carbons (Fsp3) is 0.278. The number of methoxy groups -OCH3 is 1. The second kappa shape index (κ2) is 7.50. The van der Waals surface area contributed by atoms with E-state index in [1.807, 2.05) is 38.1 Å². The minimum absolute atomic E-state index is 0.0887. The zero-order chi connectivity index (χ0) is 15.9. The Hall–Kier alpha value is -2.49. The largest absolute Gasteiger partial charge is 0.497 e. The van der Waals surface area contributed by atoms with E-state index >= 15 is 0 Å². The lowest BCUT2D eigenvalue weighted by atomic mass is 10.2. The van der Waals surface area contributed by atoms with Gasteiger partial charge in [0.15, 0.2) is 0 Å². The molecule has 0 radical (unpaired) electrons. The number of ether oxygens (including phenoxy) is 2. The monoisotopic (exact) mass is 299 g/mol. The summed E-state index contributed by atoms with van der Waals surface area (Å²) in [5.74, 6) is 1.45. The van der Waals surface area contributed by atoms with Crippen LogP contribution in [-0.2, 0) is 0 Å². The van der Waals surface area contributed by atoms with Crippen molar-refractivity contribution in [2.75, 3.05) is 13.7 Å². The van der Waals surface area contributed by atoms with E-state index in [0.717, 1.165) is 17.1 Å². The Morgan fingerprint density at radius 1 is 1.14 bits per heavy atom. The van der Waals surface area contributed by atoms with E-state index < -0.39 is 0 Å². The molecule has 116 valence electrons. The summed E-state index contributed by atoms with van der Waals surface area (Å²) < 4.78 is 10.8. The van der Waals surface area contributed by atoms with Crippen molar-refractivity contribution in [3.63, 3.8) is 0 Å². The van der Waals surface area contributed by atoms with Crippen LogP contribution in [0.1, 0.15) is 22.8 Å². The molecule has 0 aliphatic heterocycles. The van der Waals surface area contributed by atoms with Gasteiger partial charge in [-0.15, -0.1) is 0 Å². The summed E-state index contributed by atoms with van der Waals surface area (Å²) in [5.41, 5.74) is 1.68. The molecule has 1 atom stereocenters. The summed E-state index contributed by atoms with van der Waals surface area (Å²) in [6, 6.07) is 14.7. The third-order valence-corrected chi connectivity index (χ3v) is 3.31. The highest BCUT2D eigenvalue weighted by Gasteiger charge is 2.11. The predicted molar refractivity (Wildman–Crippen MR) is 86.6 cm³/mol. The summed E-state index contributed by atoms with van der Waals surface area (Å²) in [7, 11) is 1.60.